The molecule has 0 unspecified atom stereocenters. The Morgan fingerprint density at radius 1 is 0.786 bits per heavy atom. The first-order valence-electron chi connectivity index (χ1n) is 12.6. The summed E-state index contributed by atoms with van der Waals surface area (Å²) >= 11 is 0. The molecular formula is C26H28O16. The molecule has 16 heteroatoms. The first-order valence-corrected chi connectivity index (χ1v) is 12.6. The van der Waals surface area contributed by atoms with E-state index in [0.717, 1.165) is 6.07 Å². The zero-order valence-corrected chi connectivity index (χ0v) is 21.4. The van der Waals surface area contributed by atoms with Crippen LogP contribution >= 0.6 is 0 Å². The standard InChI is InChI=1S/C26H28O16/c27-6-13-16(32)18(34)20(36)26(40-13)42-24-21(37)23(41-25-19(35)15(31)11(30)7-38-25)17(33)14-10(29)5-12(39-22(14)24)8-1-3-9(28)4-2-8/h1-5,11,13,15-16,18-20,25-28,30-37H,6-7H2/t11-,13+,15+,16+,18-,19+,20+,25-,26+/m0/s1. The fourth-order valence-electron chi connectivity index (χ4n) is 4.58. The molecule has 1 aromatic heterocycles. The van der Waals surface area contributed by atoms with Gasteiger partial charge in [-0.3, -0.25) is 4.79 Å². The minimum absolute atomic E-state index is 0.0876. The number of phenols is 3. The van der Waals surface area contributed by atoms with Crippen molar-refractivity contribution in [2.45, 2.75) is 55.3 Å². The summed E-state index contributed by atoms with van der Waals surface area (Å²) in [6.07, 6.45) is -15.8. The van der Waals surface area contributed by atoms with Crippen LogP contribution in [0.2, 0.25) is 0 Å². The zero-order chi connectivity index (χ0) is 30.5. The van der Waals surface area contributed by atoms with E-state index in [1.54, 1.807) is 0 Å². The van der Waals surface area contributed by atoms with E-state index in [2.05, 4.69) is 0 Å². The van der Waals surface area contributed by atoms with E-state index in [1.807, 2.05) is 0 Å². The average Bonchev–Trinajstić information content (AvgIpc) is 2.97. The van der Waals surface area contributed by atoms with Crippen molar-refractivity contribution in [3.63, 3.8) is 0 Å². The number of hydrogen-bond acceptors (Lipinski definition) is 16. The van der Waals surface area contributed by atoms with Gasteiger partial charge in [-0.25, -0.2) is 0 Å². The van der Waals surface area contributed by atoms with Crippen molar-refractivity contribution in [2.24, 2.45) is 0 Å². The van der Waals surface area contributed by atoms with Crippen molar-refractivity contribution in [1.29, 1.82) is 0 Å². The number of ether oxygens (including phenoxy) is 4. The van der Waals surface area contributed by atoms with Gasteiger partial charge in [-0.1, -0.05) is 0 Å². The van der Waals surface area contributed by atoms with Gasteiger partial charge in [-0.2, -0.15) is 0 Å². The maximum atomic E-state index is 13.3. The topological polar surface area (TPSA) is 269 Å². The summed E-state index contributed by atoms with van der Waals surface area (Å²) < 4.78 is 27.3. The van der Waals surface area contributed by atoms with Crippen LogP contribution in [-0.4, -0.2) is 120 Å². The Kier molecular flexibility index (Phi) is 8.17. The lowest BCUT2D eigenvalue weighted by Crippen LogP contribution is -2.60. The van der Waals surface area contributed by atoms with Gasteiger partial charge in [0, 0.05) is 11.6 Å². The quantitative estimate of drug-likeness (QED) is 0.142. The molecule has 2 aromatic carbocycles. The molecule has 0 bridgehead atoms. The lowest BCUT2D eigenvalue weighted by Gasteiger charge is -2.39. The average molecular weight is 596 g/mol. The maximum Gasteiger partial charge on any atom is 0.229 e. The number of benzene rings is 2. The highest BCUT2D eigenvalue weighted by atomic mass is 16.7. The minimum atomic E-state index is -1.97. The van der Waals surface area contributed by atoms with Crippen LogP contribution < -0.4 is 14.9 Å². The van der Waals surface area contributed by atoms with E-state index in [-0.39, 0.29) is 17.1 Å². The van der Waals surface area contributed by atoms with Crippen LogP contribution in [0.3, 0.4) is 0 Å². The molecule has 2 aliphatic rings. The largest absolute Gasteiger partial charge is 0.508 e. The molecule has 0 spiro atoms. The number of aliphatic hydroxyl groups is 7. The normalized spacial score (nSPS) is 31.6. The van der Waals surface area contributed by atoms with Crippen LogP contribution in [0.1, 0.15) is 0 Å². The van der Waals surface area contributed by atoms with Gasteiger partial charge in [0.1, 0.15) is 59.6 Å². The van der Waals surface area contributed by atoms with Crippen LogP contribution in [0.5, 0.6) is 28.7 Å². The zero-order valence-electron chi connectivity index (χ0n) is 21.4. The minimum Gasteiger partial charge on any atom is -0.508 e. The van der Waals surface area contributed by atoms with Gasteiger partial charge in [0.25, 0.3) is 0 Å². The molecule has 228 valence electrons. The van der Waals surface area contributed by atoms with E-state index < -0.39 is 108 Å². The molecule has 16 nitrogen and oxygen atoms in total. The van der Waals surface area contributed by atoms with Crippen LogP contribution in [0, 0.1) is 0 Å². The van der Waals surface area contributed by atoms with Crippen molar-refractivity contribution in [3.05, 3.63) is 40.6 Å². The molecule has 10 N–H and O–H groups in total. The Bertz CT molecular complexity index is 1490. The van der Waals surface area contributed by atoms with E-state index in [9.17, 15) is 55.9 Å². The number of hydrogen-bond donors (Lipinski definition) is 10. The van der Waals surface area contributed by atoms with E-state index in [4.69, 9.17) is 23.4 Å². The van der Waals surface area contributed by atoms with Crippen molar-refractivity contribution < 1.29 is 74.4 Å². The van der Waals surface area contributed by atoms with Crippen LogP contribution in [0.4, 0.5) is 0 Å². The van der Waals surface area contributed by atoms with Crippen LogP contribution in [-0.2, 0) is 9.47 Å². The fraction of sp³-hybridized carbons (Fsp3) is 0.423. The van der Waals surface area contributed by atoms with Gasteiger partial charge in [-0.15, -0.1) is 0 Å². The molecule has 42 heavy (non-hydrogen) atoms. The Hall–Kier alpha value is -3.71. The van der Waals surface area contributed by atoms with Crippen LogP contribution in [0.15, 0.2) is 39.5 Å². The monoisotopic (exact) mass is 596 g/mol. The Morgan fingerprint density at radius 3 is 2.10 bits per heavy atom. The molecule has 0 aliphatic carbocycles. The van der Waals surface area contributed by atoms with Crippen molar-refractivity contribution in [3.8, 4) is 40.1 Å². The molecule has 2 fully saturated rings. The number of aliphatic hydroxyl groups excluding tert-OH is 7. The van der Waals surface area contributed by atoms with Crippen molar-refractivity contribution in [2.75, 3.05) is 13.2 Å². The highest BCUT2D eigenvalue weighted by molar-refractivity contribution is 5.95. The summed E-state index contributed by atoms with van der Waals surface area (Å²) in [5.74, 6) is -3.99. The number of rotatable bonds is 6. The summed E-state index contributed by atoms with van der Waals surface area (Å²) in [5, 5.41) is 102. The number of phenolic OH excluding ortho intramolecular Hbond substituents is 3. The predicted octanol–water partition coefficient (Wildman–Crippen LogP) is -2.43. The molecule has 2 aliphatic heterocycles. The molecule has 0 radical (unpaired) electrons. The molecular weight excluding hydrogens is 568 g/mol. The molecule has 3 aromatic rings. The molecule has 9 atom stereocenters. The second-order valence-corrected chi connectivity index (χ2v) is 9.76. The fourth-order valence-corrected chi connectivity index (χ4v) is 4.58. The molecule has 0 saturated carbocycles. The van der Waals surface area contributed by atoms with Gasteiger partial charge in [0.15, 0.2) is 16.8 Å². The lowest BCUT2D eigenvalue weighted by atomic mass is 9.99. The predicted molar refractivity (Wildman–Crippen MR) is 136 cm³/mol. The second kappa shape index (κ2) is 11.5. The SMILES string of the molecule is O=c1cc(-c2ccc(O)cc2)oc2c(O[C@H]3O[C@H](CO)[C@@H](O)[C@H](O)[C@H]3O)c(O)c(O[C@@H]3OC[C@H](O)[C@@H](O)[C@H]3O)c(O)c12. The Balaban J connectivity index is 1.66. The summed E-state index contributed by atoms with van der Waals surface area (Å²) in [6, 6.07) is 6.38. The summed E-state index contributed by atoms with van der Waals surface area (Å²) in [5.41, 5.74) is -1.23. The maximum absolute atomic E-state index is 13.3. The smallest absolute Gasteiger partial charge is 0.229 e. The Morgan fingerprint density at radius 2 is 1.43 bits per heavy atom. The van der Waals surface area contributed by atoms with Crippen molar-refractivity contribution in [1.82, 2.24) is 0 Å². The highest BCUT2D eigenvalue weighted by Gasteiger charge is 2.46. The molecule has 0 amide bonds. The summed E-state index contributed by atoms with van der Waals surface area (Å²) in [6.45, 7) is -1.32. The number of fused-ring (bicyclic) bond motifs is 1. The van der Waals surface area contributed by atoms with Crippen LogP contribution in [0.25, 0.3) is 22.3 Å². The third-order valence-electron chi connectivity index (χ3n) is 6.96. The number of aromatic hydroxyl groups is 3. The molecule has 3 heterocycles. The lowest BCUT2D eigenvalue weighted by molar-refractivity contribution is -0.277. The van der Waals surface area contributed by atoms with Gasteiger partial charge in [0.05, 0.1) is 13.2 Å². The van der Waals surface area contributed by atoms with E-state index in [1.165, 1.54) is 24.3 Å². The molecule has 2 saturated heterocycles. The van der Waals surface area contributed by atoms with Gasteiger partial charge in [0.2, 0.25) is 29.8 Å². The first-order chi connectivity index (χ1) is 19.9. The van der Waals surface area contributed by atoms with Crippen molar-refractivity contribution >= 4 is 11.0 Å². The van der Waals surface area contributed by atoms with Gasteiger partial charge < -0.3 is 74.4 Å². The third kappa shape index (κ3) is 5.19. The molecule has 5 rings (SSSR count). The third-order valence-corrected chi connectivity index (χ3v) is 6.96. The first kappa shape index (κ1) is 29.8. The summed E-state index contributed by atoms with van der Waals surface area (Å²) in [7, 11) is 0. The second-order valence-electron chi connectivity index (χ2n) is 9.76. The van der Waals surface area contributed by atoms with E-state index in [0.29, 0.717) is 0 Å². The van der Waals surface area contributed by atoms with E-state index >= 15 is 0 Å². The van der Waals surface area contributed by atoms with Gasteiger partial charge in [-0.05, 0) is 24.3 Å². The van der Waals surface area contributed by atoms with Gasteiger partial charge >= 0.3 is 0 Å². The summed E-state index contributed by atoms with van der Waals surface area (Å²) in [4.78, 5) is 13.3. The Labute approximate surface area is 235 Å². The highest BCUT2D eigenvalue weighted by Crippen LogP contribution is 2.51.